The summed E-state index contributed by atoms with van der Waals surface area (Å²) in [4.78, 5) is 17.2. The Balaban J connectivity index is 1.91. The molecule has 2 N–H and O–H groups in total. The predicted molar refractivity (Wildman–Crippen MR) is 111 cm³/mol. The minimum Gasteiger partial charge on any atom is -0.338 e. The second-order valence-corrected chi connectivity index (χ2v) is 8.44. The molecule has 1 aromatic rings. The fraction of sp³-hybridized carbons (Fsp3) is 0.650. The van der Waals surface area contributed by atoms with Crippen molar-refractivity contribution in [2.24, 2.45) is 0 Å². The van der Waals surface area contributed by atoms with Crippen molar-refractivity contribution < 1.29 is 4.79 Å². The molecule has 2 heterocycles. The van der Waals surface area contributed by atoms with Crippen LogP contribution in [-0.4, -0.2) is 54.7 Å². The maximum absolute atomic E-state index is 12.7. The largest absolute Gasteiger partial charge is 0.338 e. The van der Waals surface area contributed by atoms with Gasteiger partial charge in [0.2, 0.25) is 0 Å². The first-order valence-electron chi connectivity index (χ1n) is 9.93. The zero-order chi connectivity index (χ0) is 19.4. The van der Waals surface area contributed by atoms with E-state index < -0.39 is 0 Å². The third kappa shape index (κ3) is 4.37. The van der Waals surface area contributed by atoms with Crippen molar-refractivity contribution in [2.75, 3.05) is 33.2 Å². The van der Waals surface area contributed by atoms with Crippen LogP contribution in [0.25, 0.3) is 0 Å². The lowest BCUT2D eigenvalue weighted by Gasteiger charge is -2.54. The number of urea groups is 1. The summed E-state index contributed by atoms with van der Waals surface area (Å²) in [6, 6.07) is 6.02. The zero-order valence-electron chi connectivity index (χ0n) is 16.2. The fourth-order valence-electron chi connectivity index (χ4n) is 4.34. The van der Waals surface area contributed by atoms with E-state index in [1.54, 1.807) is 0 Å². The van der Waals surface area contributed by atoms with Gasteiger partial charge < -0.3 is 15.5 Å². The van der Waals surface area contributed by atoms with Crippen molar-refractivity contribution in [3.63, 3.8) is 0 Å². The molecule has 2 fully saturated rings. The fourth-order valence-corrected chi connectivity index (χ4v) is 4.65. The molecule has 150 valence electrons. The predicted octanol–water partition coefficient (Wildman–Crippen LogP) is 4.26. The van der Waals surface area contributed by atoms with E-state index in [4.69, 9.17) is 23.2 Å². The molecule has 2 saturated heterocycles. The molecule has 5 nitrogen and oxygen atoms in total. The van der Waals surface area contributed by atoms with E-state index in [-0.39, 0.29) is 17.7 Å². The van der Waals surface area contributed by atoms with E-state index in [0.29, 0.717) is 10.0 Å². The molecule has 7 heteroatoms. The van der Waals surface area contributed by atoms with Crippen molar-refractivity contribution in [1.29, 1.82) is 0 Å². The Morgan fingerprint density at radius 3 is 2.81 bits per heavy atom. The van der Waals surface area contributed by atoms with Crippen LogP contribution in [0, 0.1) is 0 Å². The number of nitrogens with zero attached hydrogens (tertiary/aromatic N) is 2. The third-order valence-electron chi connectivity index (χ3n) is 5.93. The van der Waals surface area contributed by atoms with Crippen LogP contribution in [0.1, 0.15) is 50.6 Å². The Morgan fingerprint density at radius 1 is 1.30 bits per heavy atom. The van der Waals surface area contributed by atoms with E-state index in [1.165, 1.54) is 0 Å². The van der Waals surface area contributed by atoms with Gasteiger partial charge in [0.05, 0.1) is 10.0 Å². The first-order chi connectivity index (χ1) is 13.0. The lowest BCUT2D eigenvalue weighted by Crippen LogP contribution is -2.68. The summed E-state index contributed by atoms with van der Waals surface area (Å²) in [6.07, 6.45) is 5.00. The number of nitrogens with one attached hydrogen (secondary N) is 2. The van der Waals surface area contributed by atoms with Gasteiger partial charge in [-0.05, 0) is 50.6 Å². The van der Waals surface area contributed by atoms with E-state index in [0.717, 1.165) is 63.8 Å². The highest BCUT2D eigenvalue weighted by Gasteiger charge is 2.47. The van der Waals surface area contributed by atoms with Crippen molar-refractivity contribution in [2.45, 2.75) is 50.7 Å². The summed E-state index contributed by atoms with van der Waals surface area (Å²) in [6.45, 7) is 5.60. The smallest absolute Gasteiger partial charge is 0.318 e. The van der Waals surface area contributed by atoms with Gasteiger partial charge >= 0.3 is 6.03 Å². The summed E-state index contributed by atoms with van der Waals surface area (Å²) in [7, 11) is 2.16. The molecule has 0 aromatic heterocycles. The molecule has 2 aliphatic rings. The van der Waals surface area contributed by atoms with Gasteiger partial charge in [0.1, 0.15) is 5.66 Å². The SMILES string of the molecule is CCCCN(C)C1(N2CCCNC2=O)CCNC(c2ccc(Cl)c(Cl)c2)C1. The van der Waals surface area contributed by atoms with Gasteiger partial charge in [-0.1, -0.05) is 42.6 Å². The summed E-state index contributed by atoms with van der Waals surface area (Å²) < 4.78 is 0. The Hall–Kier alpha value is -1.01. The Labute approximate surface area is 172 Å². The number of carbonyl (C=O) groups excluding carboxylic acids is 1. The van der Waals surface area contributed by atoms with Gasteiger partial charge in [-0.25, -0.2) is 4.79 Å². The Morgan fingerprint density at radius 2 is 2.11 bits per heavy atom. The molecule has 0 aliphatic carbocycles. The van der Waals surface area contributed by atoms with Crippen LogP contribution in [0.5, 0.6) is 0 Å². The maximum atomic E-state index is 12.7. The van der Waals surface area contributed by atoms with Crippen LogP contribution in [0.4, 0.5) is 4.79 Å². The summed E-state index contributed by atoms with van der Waals surface area (Å²) >= 11 is 12.4. The highest BCUT2D eigenvalue weighted by Crippen LogP contribution is 2.39. The van der Waals surface area contributed by atoms with Crippen molar-refractivity contribution in [3.05, 3.63) is 33.8 Å². The van der Waals surface area contributed by atoms with Crippen molar-refractivity contribution in [3.8, 4) is 0 Å². The van der Waals surface area contributed by atoms with Gasteiger partial charge in [-0.15, -0.1) is 0 Å². The standard InChI is InChI=1S/C20H30Cl2N4O/c1-3-4-11-25(2)20(26-12-5-9-24-19(26)27)8-10-23-18(14-20)15-6-7-16(21)17(22)13-15/h6-7,13,18,23H,3-5,8-12,14H2,1-2H3,(H,24,27). The summed E-state index contributed by atoms with van der Waals surface area (Å²) in [5.74, 6) is 0. The topological polar surface area (TPSA) is 47.6 Å². The number of rotatable bonds is 6. The molecule has 2 atom stereocenters. The minimum atomic E-state index is -0.290. The molecule has 27 heavy (non-hydrogen) atoms. The van der Waals surface area contributed by atoms with Gasteiger partial charge in [-0.3, -0.25) is 4.90 Å². The molecular weight excluding hydrogens is 383 g/mol. The van der Waals surface area contributed by atoms with Crippen LogP contribution in [-0.2, 0) is 0 Å². The molecule has 2 unspecified atom stereocenters. The Kier molecular flexibility index (Phi) is 6.90. The van der Waals surface area contributed by atoms with E-state index in [2.05, 4.69) is 34.4 Å². The highest BCUT2D eigenvalue weighted by molar-refractivity contribution is 6.42. The van der Waals surface area contributed by atoms with Crippen LogP contribution in [0.3, 0.4) is 0 Å². The number of hydrogen-bond donors (Lipinski definition) is 2. The highest BCUT2D eigenvalue weighted by atomic mass is 35.5. The number of benzene rings is 1. The monoisotopic (exact) mass is 412 g/mol. The van der Waals surface area contributed by atoms with Crippen molar-refractivity contribution in [1.82, 2.24) is 20.4 Å². The van der Waals surface area contributed by atoms with E-state index >= 15 is 0 Å². The molecule has 0 radical (unpaired) electrons. The van der Waals surface area contributed by atoms with Gasteiger partial charge in [-0.2, -0.15) is 0 Å². The molecule has 2 aliphatic heterocycles. The van der Waals surface area contributed by atoms with Gasteiger partial charge in [0, 0.05) is 32.1 Å². The average Bonchev–Trinajstić information content (AvgIpc) is 2.68. The van der Waals surface area contributed by atoms with Crippen LogP contribution >= 0.6 is 23.2 Å². The second kappa shape index (κ2) is 8.99. The minimum absolute atomic E-state index is 0.0550. The quantitative estimate of drug-likeness (QED) is 0.733. The van der Waals surface area contributed by atoms with Crippen LogP contribution < -0.4 is 10.6 Å². The number of halogens is 2. The van der Waals surface area contributed by atoms with Gasteiger partial charge in [0.25, 0.3) is 0 Å². The summed E-state index contributed by atoms with van der Waals surface area (Å²) in [5.41, 5.74) is 0.830. The number of piperidine rings is 1. The average molecular weight is 413 g/mol. The van der Waals surface area contributed by atoms with Crippen LogP contribution in [0.15, 0.2) is 18.2 Å². The van der Waals surface area contributed by atoms with E-state index in [9.17, 15) is 4.79 Å². The number of amides is 2. The molecule has 1 aromatic carbocycles. The second-order valence-electron chi connectivity index (χ2n) is 7.63. The van der Waals surface area contributed by atoms with E-state index in [1.807, 2.05) is 18.2 Å². The number of unbranched alkanes of at least 4 members (excludes halogenated alkanes) is 1. The third-order valence-corrected chi connectivity index (χ3v) is 6.67. The normalized spacial score (nSPS) is 26.3. The molecule has 2 amide bonds. The number of hydrogen-bond acceptors (Lipinski definition) is 3. The number of carbonyl (C=O) groups is 1. The Bertz CT molecular complexity index is 671. The molecule has 3 rings (SSSR count). The molecular formula is C20H30Cl2N4O. The molecule has 0 bridgehead atoms. The zero-order valence-corrected chi connectivity index (χ0v) is 17.7. The van der Waals surface area contributed by atoms with Crippen LogP contribution in [0.2, 0.25) is 10.0 Å². The summed E-state index contributed by atoms with van der Waals surface area (Å²) in [5, 5.41) is 7.79. The molecule has 0 saturated carbocycles. The lowest BCUT2D eigenvalue weighted by atomic mass is 9.85. The maximum Gasteiger partial charge on any atom is 0.318 e. The molecule has 0 spiro atoms. The lowest BCUT2D eigenvalue weighted by molar-refractivity contribution is -0.0568. The van der Waals surface area contributed by atoms with Crippen molar-refractivity contribution >= 4 is 29.2 Å². The first kappa shape index (κ1) is 20.7. The first-order valence-corrected chi connectivity index (χ1v) is 10.7. The van der Waals surface area contributed by atoms with Gasteiger partial charge in [0.15, 0.2) is 0 Å².